The number of ether oxygens (including phenoxy) is 2. The lowest BCUT2D eigenvalue weighted by Crippen LogP contribution is -2.34. The molecule has 22 heavy (non-hydrogen) atoms. The molecule has 0 bridgehead atoms. The highest BCUT2D eigenvalue weighted by Crippen LogP contribution is 2.15. The number of likely N-dealkylation sites (N-methyl/N-ethyl adjacent to an activating group) is 1. The Morgan fingerprint density at radius 1 is 1.00 bits per heavy atom. The van der Waals surface area contributed by atoms with Crippen molar-refractivity contribution in [2.45, 2.75) is 0 Å². The van der Waals surface area contributed by atoms with Crippen molar-refractivity contribution in [1.29, 1.82) is 0 Å². The van der Waals surface area contributed by atoms with Crippen molar-refractivity contribution >= 4 is 5.91 Å². The van der Waals surface area contributed by atoms with Crippen LogP contribution in [0.4, 0.5) is 0 Å². The SMILES string of the molecule is CN(CCOc1ccccc1)C(=O)COc1ccc(O)cc1. The van der Waals surface area contributed by atoms with Gasteiger partial charge in [-0.25, -0.2) is 0 Å². The highest BCUT2D eigenvalue weighted by Gasteiger charge is 2.09. The van der Waals surface area contributed by atoms with E-state index in [9.17, 15) is 4.79 Å². The smallest absolute Gasteiger partial charge is 0.260 e. The molecular formula is C17H19NO4. The second kappa shape index (κ2) is 7.93. The molecule has 116 valence electrons. The number of rotatable bonds is 7. The van der Waals surface area contributed by atoms with E-state index in [0.29, 0.717) is 18.9 Å². The molecule has 0 aliphatic heterocycles. The Balaban J connectivity index is 1.69. The molecule has 0 saturated heterocycles. The van der Waals surface area contributed by atoms with Crippen LogP contribution in [0.15, 0.2) is 54.6 Å². The summed E-state index contributed by atoms with van der Waals surface area (Å²) in [5.74, 6) is 1.35. The molecule has 2 rings (SSSR count). The maximum Gasteiger partial charge on any atom is 0.260 e. The number of carbonyl (C=O) groups excluding carboxylic acids is 1. The van der Waals surface area contributed by atoms with E-state index in [-0.39, 0.29) is 18.3 Å². The fourth-order valence-corrected chi connectivity index (χ4v) is 1.74. The van der Waals surface area contributed by atoms with Crippen LogP contribution < -0.4 is 9.47 Å². The van der Waals surface area contributed by atoms with Crippen molar-refractivity contribution in [3.63, 3.8) is 0 Å². The third-order valence-corrected chi connectivity index (χ3v) is 3.06. The molecule has 5 nitrogen and oxygen atoms in total. The zero-order valence-corrected chi connectivity index (χ0v) is 12.4. The molecule has 1 amide bonds. The molecule has 0 saturated carbocycles. The lowest BCUT2D eigenvalue weighted by molar-refractivity contribution is -0.132. The van der Waals surface area contributed by atoms with Gasteiger partial charge in [0.1, 0.15) is 23.9 Å². The number of aromatic hydroxyl groups is 1. The minimum absolute atomic E-state index is 0.0490. The molecule has 0 aliphatic rings. The maximum absolute atomic E-state index is 11.9. The lowest BCUT2D eigenvalue weighted by atomic mass is 10.3. The van der Waals surface area contributed by atoms with Gasteiger partial charge in [-0.3, -0.25) is 4.79 Å². The molecular weight excluding hydrogens is 282 g/mol. The molecule has 5 heteroatoms. The first kappa shape index (κ1) is 15.7. The lowest BCUT2D eigenvalue weighted by Gasteiger charge is -2.17. The second-order valence-electron chi connectivity index (χ2n) is 4.76. The molecule has 0 fully saturated rings. The number of hydrogen-bond acceptors (Lipinski definition) is 4. The van der Waals surface area contributed by atoms with E-state index in [0.717, 1.165) is 5.75 Å². The largest absolute Gasteiger partial charge is 0.508 e. The maximum atomic E-state index is 11.9. The van der Waals surface area contributed by atoms with Gasteiger partial charge in [0.25, 0.3) is 5.91 Å². The first-order valence-corrected chi connectivity index (χ1v) is 6.99. The van der Waals surface area contributed by atoms with Crippen LogP contribution in [-0.4, -0.2) is 42.7 Å². The molecule has 2 aromatic rings. The van der Waals surface area contributed by atoms with Crippen molar-refractivity contribution in [3.8, 4) is 17.2 Å². The summed E-state index contributed by atoms with van der Waals surface area (Å²) in [4.78, 5) is 13.5. The Kier molecular flexibility index (Phi) is 5.65. The van der Waals surface area contributed by atoms with Gasteiger partial charge < -0.3 is 19.5 Å². The number of para-hydroxylation sites is 1. The Bertz CT molecular complexity index is 583. The van der Waals surface area contributed by atoms with Crippen LogP contribution in [0.3, 0.4) is 0 Å². The Labute approximate surface area is 129 Å². The van der Waals surface area contributed by atoms with Gasteiger partial charge >= 0.3 is 0 Å². The van der Waals surface area contributed by atoms with Crippen molar-refractivity contribution in [1.82, 2.24) is 4.90 Å². The van der Waals surface area contributed by atoms with E-state index < -0.39 is 0 Å². The predicted molar refractivity (Wildman–Crippen MR) is 83.2 cm³/mol. The number of phenols is 1. The van der Waals surface area contributed by atoms with E-state index in [1.165, 1.54) is 12.1 Å². The van der Waals surface area contributed by atoms with Gasteiger partial charge in [0.15, 0.2) is 6.61 Å². The van der Waals surface area contributed by atoms with E-state index in [1.807, 2.05) is 30.3 Å². The quantitative estimate of drug-likeness (QED) is 0.852. The first-order valence-electron chi connectivity index (χ1n) is 6.99. The van der Waals surface area contributed by atoms with Gasteiger partial charge in [-0.15, -0.1) is 0 Å². The zero-order chi connectivity index (χ0) is 15.8. The van der Waals surface area contributed by atoms with Crippen molar-refractivity contribution in [2.24, 2.45) is 0 Å². The van der Waals surface area contributed by atoms with E-state index in [1.54, 1.807) is 24.1 Å². The molecule has 2 aromatic carbocycles. The minimum Gasteiger partial charge on any atom is -0.508 e. The number of hydrogen-bond donors (Lipinski definition) is 1. The zero-order valence-electron chi connectivity index (χ0n) is 12.4. The second-order valence-corrected chi connectivity index (χ2v) is 4.76. The number of phenolic OH excluding ortho intramolecular Hbond substituents is 1. The molecule has 1 N–H and O–H groups in total. The predicted octanol–water partition coefficient (Wildman–Crippen LogP) is 2.31. The standard InChI is InChI=1S/C17H19NO4/c1-18(11-12-21-15-5-3-2-4-6-15)17(20)13-22-16-9-7-14(19)8-10-16/h2-10,19H,11-13H2,1H3. The van der Waals surface area contributed by atoms with E-state index in [4.69, 9.17) is 14.6 Å². The van der Waals surface area contributed by atoms with Gasteiger partial charge in [0, 0.05) is 7.05 Å². The Morgan fingerprint density at radius 2 is 1.64 bits per heavy atom. The normalized spacial score (nSPS) is 10.0. The summed E-state index contributed by atoms with van der Waals surface area (Å²) < 4.78 is 10.9. The third kappa shape index (κ3) is 5.01. The average Bonchev–Trinajstić information content (AvgIpc) is 2.55. The van der Waals surface area contributed by atoms with Crippen LogP contribution in [0.2, 0.25) is 0 Å². The number of benzene rings is 2. The highest BCUT2D eigenvalue weighted by molar-refractivity contribution is 5.77. The van der Waals surface area contributed by atoms with E-state index in [2.05, 4.69) is 0 Å². The molecule has 0 unspecified atom stereocenters. The molecule has 0 atom stereocenters. The molecule has 0 aliphatic carbocycles. The summed E-state index contributed by atoms with van der Waals surface area (Å²) in [7, 11) is 1.71. The topological polar surface area (TPSA) is 59.0 Å². The third-order valence-electron chi connectivity index (χ3n) is 3.06. The van der Waals surface area contributed by atoms with Crippen LogP contribution in [0, 0.1) is 0 Å². The molecule has 0 heterocycles. The average molecular weight is 301 g/mol. The van der Waals surface area contributed by atoms with Gasteiger partial charge in [0.2, 0.25) is 0 Å². The molecule has 0 radical (unpaired) electrons. The summed E-state index contributed by atoms with van der Waals surface area (Å²) in [6.45, 7) is 0.852. The summed E-state index contributed by atoms with van der Waals surface area (Å²) in [5.41, 5.74) is 0. The molecule has 0 aromatic heterocycles. The summed E-state index contributed by atoms with van der Waals surface area (Å²) in [5, 5.41) is 9.17. The summed E-state index contributed by atoms with van der Waals surface area (Å²) in [6.07, 6.45) is 0. The van der Waals surface area contributed by atoms with Crippen molar-refractivity contribution in [2.75, 3.05) is 26.8 Å². The summed E-state index contributed by atoms with van der Waals surface area (Å²) >= 11 is 0. The summed E-state index contributed by atoms with van der Waals surface area (Å²) in [6, 6.07) is 15.7. The van der Waals surface area contributed by atoms with Crippen LogP contribution in [0.25, 0.3) is 0 Å². The van der Waals surface area contributed by atoms with Crippen molar-refractivity contribution < 1.29 is 19.4 Å². The van der Waals surface area contributed by atoms with Crippen molar-refractivity contribution in [3.05, 3.63) is 54.6 Å². The van der Waals surface area contributed by atoms with Crippen LogP contribution >= 0.6 is 0 Å². The van der Waals surface area contributed by atoms with Gasteiger partial charge in [-0.1, -0.05) is 18.2 Å². The number of carbonyl (C=O) groups is 1. The van der Waals surface area contributed by atoms with E-state index >= 15 is 0 Å². The van der Waals surface area contributed by atoms with Crippen LogP contribution in [-0.2, 0) is 4.79 Å². The minimum atomic E-state index is -0.135. The van der Waals surface area contributed by atoms with Gasteiger partial charge in [-0.2, -0.15) is 0 Å². The Hall–Kier alpha value is -2.69. The van der Waals surface area contributed by atoms with Gasteiger partial charge in [-0.05, 0) is 36.4 Å². The fourth-order valence-electron chi connectivity index (χ4n) is 1.74. The fraction of sp³-hybridized carbons (Fsp3) is 0.235. The number of amides is 1. The molecule has 0 spiro atoms. The highest BCUT2D eigenvalue weighted by atomic mass is 16.5. The van der Waals surface area contributed by atoms with Gasteiger partial charge in [0.05, 0.1) is 6.54 Å². The van der Waals surface area contributed by atoms with Crippen LogP contribution in [0.1, 0.15) is 0 Å². The Morgan fingerprint density at radius 3 is 2.32 bits per heavy atom. The van der Waals surface area contributed by atoms with Crippen LogP contribution in [0.5, 0.6) is 17.2 Å². The first-order chi connectivity index (χ1) is 10.6. The monoisotopic (exact) mass is 301 g/mol. The number of nitrogens with zero attached hydrogens (tertiary/aromatic N) is 1.